The van der Waals surface area contributed by atoms with Crippen molar-refractivity contribution in [1.82, 2.24) is 4.98 Å². The van der Waals surface area contributed by atoms with E-state index in [-0.39, 0.29) is 11.8 Å². The quantitative estimate of drug-likeness (QED) is 0.698. The number of carbonyl (C=O) groups excluding carboxylic acids is 1. The molecule has 5 heteroatoms. The number of halogens is 1. The second-order valence-corrected chi connectivity index (χ2v) is 7.63. The lowest BCUT2D eigenvalue weighted by molar-refractivity contribution is -0.122. The van der Waals surface area contributed by atoms with E-state index in [9.17, 15) is 4.79 Å². The molecule has 132 valence electrons. The van der Waals surface area contributed by atoms with Crippen molar-refractivity contribution in [2.24, 2.45) is 11.7 Å². The van der Waals surface area contributed by atoms with Gasteiger partial charge in [-0.1, -0.05) is 46.3 Å². The summed E-state index contributed by atoms with van der Waals surface area (Å²) >= 11 is 3.49. The molecule has 4 nitrogen and oxygen atoms in total. The first kappa shape index (κ1) is 17.0. The number of carbonyl (C=O) groups is 1. The van der Waals surface area contributed by atoms with Crippen molar-refractivity contribution in [2.45, 2.75) is 12.8 Å². The minimum absolute atomic E-state index is 0.00899. The van der Waals surface area contributed by atoms with E-state index in [1.165, 1.54) is 5.69 Å². The van der Waals surface area contributed by atoms with Gasteiger partial charge in [-0.15, -0.1) is 0 Å². The van der Waals surface area contributed by atoms with E-state index in [0.29, 0.717) is 0 Å². The first-order chi connectivity index (χ1) is 12.6. The minimum Gasteiger partial charge on any atom is -0.371 e. The molecule has 1 saturated heterocycles. The molecule has 0 spiro atoms. The van der Waals surface area contributed by atoms with Crippen molar-refractivity contribution in [2.75, 3.05) is 18.0 Å². The number of nitrogens with zero attached hydrogens (tertiary/aromatic N) is 2. The Bertz CT molecular complexity index is 947. The average molecular weight is 410 g/mol. The fourth-order valence-corrected chi connectivity index (χ4v) is 3.86. The molecule has 1 fully saturated rings. The van der Waals surface area contributed by atoms with Gasteiger partial charge in [0.05, 0.1) is 11.2 Å². The van der Waals surface area contributed by atoms with Gasteiger partial charge in [0, 0.05) is 40.1 Å². The molecule has 0 saturated carbocycles. The van der Waals surface area contributed by atoms with Crippen LogP contribution in [-0.4, -0.2) is 24.0 Å². The van der Waals surface area contributed by atoms with Crippen LogP contribution in [0, 0.1) is 5.92 Å². The molecular formula is C21H20BrN3O. The Morgan fingerprint density at radius 2 is 1.77 bits per heavy atom. The number of hydrogen-bond donors (Lipinski definition) is 1. The molecular weight excluding hydrogens is 390 g/mol. The summed E-state index contributed by atoms with van der Waals surface area (Å²) in [6.45, 7) is 1.67. The molecule has 1 aliphatic rings. The third-order valence-electron chi connectivity index (χ3n) is 5.07. The highest BCUT2D eigenvalue weighted by molar-refractivity contribution is 9.10. The summed E-state index contributed by atoms with van der Waals surface area (Å²) in [5, 5.41) is 1.14. The number of para-hydroxylation sites is 1. The van der Waals surface area contributed by atoms with E-state index < -0.39 is 0 Å². The molecule has 2 N–H and O–H groups in total. The Morgan fingerprint density at radius 3 is 2.46 bits per heavy atom. The van der Waals surface area contributed by atoms with E-state index in [1.54, 1.807) is 0 Å². The number of fused-ring (bicyclic) bond motifs is 1. The molecule has 26 heavy (non-hydrogen) atoms. The summed E-state index contributed by atoms with van der Waals surface area (Å²) in [5.74, 6) is -0.190. The van der Waals surface area contributed by atoms with Crippen LogP contribution in [0.4, 0.5) is 5.69 Å². The van der Waals surface area contributed by atoms with Gasteiger partial charge in [0.1, 0.15) is 0 Å². The molecule has 3 aromatic rings. The second-order valence-electron chi connectivity index (χ2n) is 6.71. The van der Waals surface area contributed by atoms with Gasteiger partial charge < -0.3 is 10.6 Å². The molecule has 1 aliphatic heterocycles. The lowest BCUT2D eigenvalue weighted by Gasteiger charge is -2.33. The molecule has 0 aliphatic carbocycles. The minimum atomic E-state index is -0.181. The Kier molecular flexibility index (Phi) is 4.64. The maximum Gasteiger partial charge on any atom is 0.220 e. The molecule has 2 aromatic carbocycles. The first-order valence-electron chi connectivity index (χ1n) is 8.82. The van der Waals surface area contributed by atoms with Crippen LogP contribution in [0.2, 0.25) is 0 Å². The summed E-state index contributed by atoms with van der Waals surface area (Å²) in [6, 6.07) is 18.6. The maximum absolute atomic E-state index is 11.5. The molecule has 0 unspecified atom stereocenters. The smallest absolute Gasteiger partial charge is 0.220 e. The van der Waals surface area contributed by atoms with E-state index in [2.05, 4.69) is 51.2 Å². The normalized spacial score (nSPS) is 15.3. The van der Waals surface area contributed by atoms with Gasteiger partial charge in [-0.05, 0) is 37.1 Å². The molecule has 0 atom stereocenters. The van der Waals surface area contributed by atoms with Gasteiger partial charge in [-0.3, -0.25) is 4.79 Å². The molecule has 0 radical (unpaired) electrons. The van der Waals surface area contributed by atoms with Gasteiger partial charge >= 0.3 is 0 Å². The summed E-state index contributed by atoms with van der Waals surface area (Å²) in [6.07, 6.45) is 1.61. The van der Waals surface area contributed by atoms with Crippen molar-refractivity contribution in [3.63, 3.8) is 0 Å². The van der Waals surface area contributed by atoms with Gasteiger partial charge in [0.2, 0.25) is 5.91 Å². The van der Waals surface area contributed by atoms with Gasteiger partial charge in [-0.2, -0.15) is 0 Å². The Morgan fingerprint density at radius 1 is 1.08 bits per heavy atom. The summed E-state index contributed by atoms with van der Waals surface area (Å²) in [4.78, 5) is 18.7. The zero-order valence-corrected chi connectivity index (χ0v) is 15.9. The predicted molar refractivity (Wildman–Crippen MR) is 109 cm³/mol. The van der Waals surface area contributed by atoms with E-state index in [4.69, 9.17) is 10.7 Å². The second kappa shape index (κ2) is 7.08. The SMILES string of the molecule is NC(=O)C1CCN(c2cc(-c3ccc(Br)cc3)nc3ccccc23)CC1. The number of amides is 1. The third-order valence-corrected chi connectivity index (χ3v) is 5.60. The standard InChI is InChI=1S/C21H20BrN3O/c22-16-7-5-14(6-8-16)19-13-20(17-3-1-2-4-18(17)24-19)25-11-9-15(10-12-25)21(23)26/h1-8,13,15H,9-12H2,(H2,23,26). The number of anilines is 1. The van der Waals surface area contributed by atoms with Crippen molar-refractivity contribution < 1.29 is 4.79 Å². The highest BCUT2D eigenvalue weighted by Gasteiger charge is 2.24. The molecule has 0 bridgehead atoms. The highest BCUT2D eigenvalue weighted by Crippen LogP contribution is 2.33. The van der Waals surface area contributed by atoms with Crippen molar-refractivity contribution in [1.29, 1.82) is 0 Å². The van der Waals surface area contributed by atoms with Crippen LogP contribution < -0.4 is 10.6 Å². The summed E-state index contributed by atoms with van der Waals surface area (Å²) in [5.41, 5.74) is 9.70. The zero-order valence-electron chi connectivity index (χ0n) is 14.4. The Labute approximate surface area is 161 Å². The summed E-state index contributed by atoms with van der Waals surface area (Å²) < 4.78 is 1.05. The highest BCUT2D eigenvalue weighted by atomic mass is 79.9. The molecule has 1 aromatic heterocycles. The number of pyridine rings is 1. The fraction of sp³-hybridized carbons (Fsp3) is 0.238. The average Bonchev–Trinajstić information content (AvgIpc) is 2.68. The lowest BCUT2D eigenvalue weighted by Crippen LogP contribution is -2.38. The van der Waals surface area contributed by atoms with Gasteiger partial charge in [-0.25, -0.2) is 4.98 Å². The van der Waals surface area contributed by atoms with Crippen LogP contribution in [0.15, 0.2) is 59.1 Å². The number of rotatable bonds is 3. The zero-order chi connectivity index (χ0) is 18.1. The largest absolute Gasteiger partial charge is 0.371 e. The monoisotopic (exact) mass is 409 g/mol. The van der Waals surface area contributed by atoms with Crippen molar-refractivity contribution in [3.8, 4) is 11.3 Å². The van der Waals surface area contributed by atoms with Crippen molar-refractivity contribution in [3.05, 3.63) is 59.1 Å². The number of primary amides is 1. The maximum atomic E-state index is 11.5. The lowest BCUT2D eigenvalue weighted by atomic mass is 9.95. The van der Waals surface area contributed by atoms with E-state index in [1.807, 2.05) is 24.3 Å². The number of benzene rings is 2. The molecule has 2 heterocycles. The number of aromatic nitrogens is 1. The van der Waals surface area contributed by atoms with Gasteiger partial charge in [0.15, 0.2) is 0 Å². The van der Waals surface area contributed by atoms with Gasteiger partial charge in [0.25, 0.3) is 0 Å². The van der Waals surface area contributed by atoms with Crippen LogP contribution in [0.1, 0.15) is 12.8 Å². The first-order valence-corrected chi connectivity index (χ1v) is 9.61. The van der Waals surface area contributed by atoms with E-state index in [0.717, 1.165) is 52.6 Å². The predicted octanol–water partition coefficient (Wildman–Crippen LogP) is 4.37. The Hall–Kier alpha value is -2.40. The summed E-state index contributed by atoms with van der Waals surface area (Å²) in [7, 11) is 0. The number of nitrogens with two attached hydrogens (primary N) is 1. The third kappa shape index (κ3) is 3.31. The number of hydrogen-bond acceptors (Lipinski definition) is 3. The van der Waals surface area contributed by atoms with Crippen LogP contribution in [0.3, 0.4) is 0 Å². The van der Waals surface area contributed by atoms with Crippen LogP contribution >= 0.6 is 15.9 Å². The molecule has 1 amide bonds. The molecule has 4 rings (SSSR count). The van der Waals surface area contributed by atoms with Crippen molar-refractivity contribution >= 4 is 38.4 Å². The van der Waals surface area contributed by atoms with Crippen LogP contribution in [0.5, 0.6) is 0 Å². The van der Waals surface area contributed by atoms with E-state index >= 15 is 0 Å². The fourth-order valence-electron chi connectivity index (χ4n) is 3.59. The number of piperidine rings is 1. The van der Waals surface area contributed by atoms with Crippen LogP contribution in [-0.2, 0) is 4.79 Å². The Balaban J connectivity index is 1.76. The van der Waals surface area contributed by atoms with Crippen LogP contribution in [0.25, 0.3) is 22.2 Å². The topological polar surface area (TPSA) is 59.2 Å².